The SMILES string of the molecule is CCOC(=O)C(C(=O)OC(C)C)C(F)(F)F. The lowest BCUT2D eigenvalue weighted by molar-refractivity contribution is -0.210. The van der Waals surface area contributed by atoms with Crippen LogP contribution in [-0.4, -0.2) is 30.8 Å². The van der Waals surface area contributed by atoms with Crippen LogP contribution >= 0.6 is 0 Å². The van der Waals surface area contributed by atoms with Crippen LogP contribution in [0.1, 0.15) is 20.8 Å². The Morgan fingerprint density at radius 3 is 2.00 bits per heavy atom. The van der Waals surface area contributed by atoms with Gasteiger partial charge in [-0.25, -0.2) is 0 Å². The van der Waals surface area contributed by atoms with Gasteiger partial charge in [0.2, 0.25) is 5.92 Å². The zero-order valence-corrected chi connectivity index (χ0v) is 9.13. The summed E-state index contributed by atoms with van der Waals surface area (Å²) in [6, 6.07) is 0. The van der Waals surface area contributed by atoms with Gasteiger partial charge in [0, 0.05) is 0 Å². The van der Waals surface area contributed by atoms with Crippen LogP contribution in [0.2, 0.25) is 0 Å². The zero-order chi connectivity index (χ0) is 12.9. The Kier molecular flexibility index (Phi) is 5.26. The van der Waals surface area contributed by atoms with Crippen molar-refractivity contribution in [2.45, 2.75) is 33.1 Å². The summed E-state index contributed by atoms with van der Waals surface area (Å²) in [6.07, 6.45) is -5.73. The van der Waals surface area contributed by atoms with Gasteiger partial charge in [-0.15, -0.1) is 0 Å². The summed E-state index contributed by atoms with van der Waals surface area (Å²) >= 11 is 0. The van der Waals surface area contributed by atoms with Crippen LogP contribution in [0, 0.1) is 5.92 Å². The molecule has 16 heavy (non-hydrogen) atoms. The van der Waals surface area contributed by atoms with Crippen molar-refractivity contribution in [2.24, 2.45) is 5.92 Å². The van der Waals surface area contributed by atoms with Crippen LogP contribution in [0.15, 0.2) is 0 Å². The summed E-state index contributed by atoms with van der Waals surface area (Å²) in [6.45, 7) is 3.88. The first-order valence-corrected chi connectivity index (χ1v) is 4.64. The maximum atomic E-state index is 12.4. The third-order valence-electron chi connectivity index (χ3n) is 1.44. The topological polar surface area (TPSA) is 52.6 Å². The van der Waals surface area contributed by atoms with Crippen molar-refractivity contribution in [2.75, 3.05) is 6.61 Å². The second-order valence-electron chi connectivity index (χ2n) is 3.21. The fourth-order valence-corrected chi connectivity index (χ4v) is 0.889. The number of hydrogen-bond acceptors (Lipinski definition) is 4. The Hall–Kier alpha value is -1.27. The zero-order valence-electron chi connectivity index (χ0n) is 9.13. The predicted molar refractivity (Wildman–Crippen MR) is 47.4 cm³/mol. The number of esters is 2. The summed E-state index contributed by atoms with van der Waals surface area (Å²) < 4.78 is 45.7. The monoisotopic (exact) mass is 242 g/mol. The van der Waals surface area contributed by atoms with Crippen LogP contribution < -0.4 is 0 Å². The van der Waals surface area contributed by atoms with E-state index in [-0.39, 0.29) is 6.61 Å². The molecule has 0 aliphatic rings. The van der Waals surface area contributed by atoms with Gasteiger partial charge in [-0.05, 0) is 20.8 Å². The average Bonchev–Trinajstić information content (AvgIpc) is 1.99. The van der Waals surface area contributed by atoms with Crippen molar-refractivity contribution >= 4 is 11.9 Å². The predicted octanol–water partition coefficient (Wildman–Crippen LogP) is 1.68. The lowest BCUT2D eigenvalue weighted by atomic mass is 10.1. The van der Waals surface area contributed by atoms with Crippen molar-refractivity contribution in [3.63, 3.8) is 0 Å². The Morgan fingerprint density at radius 1 is 1.19 bits per heavy atom. The molecule has 7 heteroatoms. The van der Waals surface area contributed by atoms with Crippen molar-refractivity contribution in [3.8, 4) is 0 Å². The molecule has 0 heterocycles. The maximum absolute atomic E-state index is 12.4. The number of hydrogen-bond donors (Lipinski definition) is 0. The van der Waals surface area contributed by atoms with Crippen molar-refractivity contribution in [1.82, 2.24) is 0 Å². The van der Waals surface area contributed by atoms with Gasteiger partial charge in [0.15, 0.2) is 0 Å². The van der Waals surface area contributed by atoms with E-state index in [1.54, 1.807) is 0 Å². The van der Waals surface area contributed by atoms with Gasteiger partial charge in [-0.1, -0.05) is 0 Å². The largest absolute Gasteiger partial charge is 0.465 e. The number of halogens is 3. The molecular formula is C9H13F3O4. The van der Waals surface area contributed by atoms with Gasteiger partial charge in [-0.3, -0.25) is 9.59 Å². The third-order valence-corrected chi connectivity index (χ3v) is 1.44. The Bertz CT molecular complexity index is 260. The summed E-state index contributed by atoms with van der Waals surface area (Å²) in [5.41, 5.74) is 0. The molecule has 0 aromatic carbocycles. The quantitative estimate of drug-likeness (QED) is 0.556. The summed E-state index contributed by atoms with van der Waals surface area (Å²) in [5, 5.41) is 0. The minimum absolute atomic E-state index is 0.236. The van der Waals surface area contributed by atoms with Gasteiger partial charge in [0.25, 0.3) is 0 Å². The fraction of sp³-hybridized carbons (Fsp3) is 0.778. The highest BCUT2D eigenvalue weighted by Gasteiger charge is 2.52. The fourth-order valence-electron chi connectivity index (χ4n) is 0.889. The summed E-state index contributed by atoms with van der Waals surface area (Å²) in [7, 11) is 0. The average molecular weight is 242 g/mol. The second kappa shape index (κ2) is 5.72. The lowest BCUT2D eigenvalue weighted by Gasteiger charge is -2.18. The van der Waals surface area contributed by atoms with E-state index in [0.717, 1.165) is 0 Å². The van der Waals surface area contributed by atoms with E-state index in [9.17, 15) is 22.8 Å². The molecular weight excluding hydrogens is 229 g/mol. The van der Waals surface area contributed by atoms with Crippen LogP contribution in [0.4, 0.5) is 13.2 Å². The van der Waals surface area contributed by atoms with Crippen molar-refractivity contribution in [1.29, 1.82) is 0 Å². The number of alkyl halides is 3. The van der Waals surface area contributed by atoms with E-state index >= 15 is 0 Å². The minimum Gasteiger partial charge on any atom is -0.465 e. The Balaban J connectivity index is 4.81. The standard InChI is InChI=1S/C9H13F3O4/c1-4-15-7(13)6(9(10,11)12)8(14)16-5(2)3/h5-6H,4H2,1-3H3. The molecule has 0 aliphatic carbocycles. The molecule has 0 N–H and O–H groups in total. The first-order valence-electron chi connectivity index (χ1n) is 4.64. The Morgan fingerprint density at radius 2 is 1.69 bits per heavy atom. The van der Waals surface area contributed by atoms with Crippen molar-refractivity contribution in [3.05, 3.63) is 0 Å². The summed E-state index contributed by atoms with van der Waals surface area (Å²) in [4.78, 5) is 22.0. The van der Waals surface area contributed by atoms with Crippen LogP contribution in [-0.2, 0) is 19.1 Å². The van der Waals surface area contributed by atoms with Gasteiger partial charge in [0.1, 0.15) is 0 Å². The molecule has 0 aromatic rings. The normalized spacial score (nSPS) is 13.4. The highest BCUT2D eigenvalue weighted by Crippen LogP contribution is 2.28. The summed E-state index contributed by atoms with van der Waals surface area (Å²) in [5.74, 6) is -6.14. The van der Waals surface area contributed by atoms with Gasteiger partial charge in [0.05, 0.1) is 12.7 Å². The van der Waals surface area contributed by atoms with E-state index in [1.165, 1.54) is 20.8 Å². The Labute approximate surface area is 90.7 Å². The van der Waals surface area contributed by atoms with Crippen LogP contribution in [0.5, 0.6) is 0 Å². The number of rotatable bonds is 4. The molecule has 0 amide bonds. The molecule has 1 atom stereocenters. The van der Waals surface area contributed by atoms with E-state index in [2.05, 4.69) is 9.47 Å². The molecule has 0 radical (unpaired) electrons. The smallest absolute Gasteiger partial charge is 0.412 e. The molecule has 0 fully saturated rings. The van der Waals surface area contributed by atoms with E-state index in [4.69, 9.17) is 0 Å². The lowest BCUT2D eigenvalue weighted by Crippen LogP contribution is -2.40. The van der Waals surface area contributed by atoms with E-state index < -0.39 is 30.1 Å². The molecule has 0 rings (SSSR count). The maximum Gasteiger partial charge on any atom is 0.412 e. The third kappa shape index (κ3) is 4.50. The second-order valence-corrected chi connectivity index (χ2v) is 3.21. The molecule has 94 valence electrons. The molecule has 0 aromatic heterocycles. The molecule has 0 aliphatic heterocycles. The molecule has 0 bridgehead atoms. The molecule has 1 unspecified atom stereocenters. The van der Waals surface area contributed by atoms with Crippen molar-refractivity contribution < 1.29 is 32.2 Å². The number of carbonyl (C=O) groups is 2. The first kappa shape index (κ1) is 14.7. The van der Waals surface area contributed by atoms with Crippen LogP contribution in [0.25, 0.3) is 0 Å². The number of carbonyl (C=O) groups excluding carboxylic acids is 2. The highest BCUT2D eigenvalue weighted by atomic mass is 19.4. The van der Waals surface area contributed by atoms with Gasteiger partial charge < -0.3 is 9.47 Å². The first-order chi connectivity index (χ1) is 7.20. The highest BCUT2D eigenvalue weighted by molar-refractivity contribution is 5.95. The molecule has 0 spiro atoms. The van der Waals surface area contributed by atoms with E-state index in [0.29, 0.717) is 0 Å². The minimum atomic E-state index is -5.00. The molecule has 0 saturated heterocycles. The van der Waals surface area contributed by atoms with Gasteiger partial charge in [-0.2, -0.15) is 13.2 Å². The van der Waals surface area contributed by atoms with E-state index in [1.807, 2.05) is 0 Å². The van der Waals surface area contributed by atoms with Crippen LogP contribution in [0.3, 0.4) is 0 Å². The molecule has 0 saturated carbocycles. The molecule has 4 nitrogen and oxygen atoms in total. The van der Waals surface area contributed by atoms with Gasteiger partial charge >= 0.3 is 18.1 Å². The number of ether oxygens (including phenoxy) is 2.